The average molecular weight is 370 g/mol. The second kappa shape index (κ2) is 7.99. The molecule has 2 amide bonds. The minimum atomic E-state index is -0.771. The average Bonchev–Trinajstić information content (AvgIpc) is 3.08. The Morgan fingerprint density at radius 3 is 2.56 bits per heavy atom. The molecule has 27 heavy (non-hydrogen) atoms. The van der Waals surface area contributed by atoms with Crippen molar-refractivity contribution in [2.24, 2.45) is 0 Å². The number of aryl methyl sites for hydroxylation is 1. The van der Waals surface area contributed by atoms with Gasteiger partial charge in [0.2, 0.25) is 5.91 Å². The lowest BCUT2D eigenvalue weighted by atomic mass is 10.1. The van der Waals surface area contributed by atoms with Crippen LogP contribution < -0.4 is 10.2 Å². The van der Waals surface area contributed by atoms with E-state index in [0.29, 0.717) is 24.2 Å². The van der Waals surface area contributed by atoms with E-state index in [0.717, 1.165) is 18.2 Å². The molecule has 1 aliphatic heterocycles. The van der Waals surface area contributed by atoms with Crippen LogP contribution in [0.25, 0.3) is 0 Å². The Balaban J connectivity index is 1.52. The number of carbonyl (C=O) groups is 3. The van der Waals surface area contributed by atoms with Gasteiger partial charge in [-0.3, -0.25) is 9.59 Å². The minimum absolute atomic E-state index is 0.0468. The van der Waals surface area contributed by atoms with Gasteiger partial charge < -0.3 is 15.0 Å². The molecule has 0 spiro atoms. The van der Waals surface area contributed by atoms with Crippen molar-refractivity contribution in [3.8, 4) is 0 Å². The van der Waals surface area contributed by atoms with Crippen LogP contribution in [0, 0.1) is 12.7 Å². The highest BCUT2D eigenvalue weighted by atomic mass is 19.1. The molecule has 2 aromatic rings. The summed E-state index contributed by atoms with van der Waals surface area (Å²) in [6, 6.07) is 10.8. The summed E-state index contributed by atoms with van der Waals surface area (Å²) in [6.45, 7) is 1.80. The number of esters is 1. The second-order valence-corrected chi connectivity index (χ2v) is 6.28. The van der Waals surface area contributed by atoms with E-state index >= 15 is 0 Å². The Labute approximate surface area is 155 Å². The summed E-state index contributed by atoms with van der Waals surface area (Å²) in [5, 5.41) is 2.60. The monoisotopic (exact) mass is 370 g/mol. The zero-order chi connectivity index (χ0) is 19.4. The Hall–Kier alpha value is -3.22. The van der Waals surface area contributed by atoms with Gasteiger partial charge in [-0.05, 0) is 55.3 Å². The number of carbonyl (C=O) groups excluding carboxylic acids is 3. The maximum Gasteiger partial charge on any atom is 0.338 e. The third kappa shape index (κ3) is 4.49. The third-order valence-electron chi connectivity index (χ3n) is 4.28. The first-order chi connectivity index (χ1) is 12.9. The van der Waals surface area contributed by atoms with Crippen molar-refractivity contribution in [1.82, 2.24) is 0 Å². The van der Waals surface area contributed by atoms with E-state index in [1.165, 1.54) is 12.1 Å². The Morgan fingerprint density at radius 2 is 1.93 bits per heavy atom. The summed E-state index contributed by atoms with van der Waals surface area (Å²) in [7, 11) is 0. The predicted octanol–water partition coefficient (Wildman–Crippen LogP) is 3.06. The maximum atomic E-state index is 13.5. The van der Waals surface area contributed by atoms with Crippen molar-refractivity contribution in [3.05, 3.63) is 59.4 Å². The molecule has 0 radical (unpaired) electrons. The van der Waals surface area contributed by atoms with Crippen molar-refractivity contribution in [2.45, 2.75) is 19.8 Å². The van der Waals surface area contributed by atoms with Crippen LogP contribution in [0.4, 0.5) is 15.8 Å². The van der Waals surface area contributed by atoms with Gasteiger partial charge in [-0.25, -0.2) is 9.18 Å². The van der Waals surface area contributed by atoms with Crippen molar-refractivity contribution < 1.29 is 23.5 Å². The molecule has 0 aromatic heterocycles. The predicted molar refractivity (Wildman–Crippen MR) is 98.1 cm³/mol. The molecule has 0 atom stereocenters. The van der Waals surface area contributed by atoms with Crippen LogP contribution in [-0.4, -0.2) is 30.9 Å². The molecule has 3 rings (SSSR count). The highest BCUT2D eigenvalue weighted by Gasteiger charge is 2.21. The molecule has 7 heteroatoms. The standard InChI is InChI=1S/C20H19FN2O4/c1-13-4-5-14(11-17(13)21)20(26)27-12-18(24)22-15-6-8-16(9-7-15)23-10-2-3-19(23)25/h4-9,11H,2-3,10,12H2,1H3,(H,22,24). The Bertz CT molecular complexity index is 880. The number of rotatable bonds is 5. The lowest BCUT2D eigenvalue weighted by molar-refractivity contribution is -0.119. The summed E-state index contributed by atoms with van der Waals surface area (Å²) in [5.41, 5.74) is 1.77. The number of halogens is 1. The molecule has 1 saturated heterocycles. The molecule has 1 fully saturated rings. The molecule has 1 aliphatic rings. The molecule has 0 unspecified atom stereocenters. The number of anilines is 2. The first kappa shape index (κ1) is 18.6. The largest absolute Gasteiger partial charge is 0.452 e. The lowest BCUT2D eigenvalue weighted by Crippen LogP contribution is -2.23. The van der Waals surface area contributed by atoms with E-state index in [9.17, 15) is 18.8 Å². The van der Waals surface area contributed by atoms with Gasteiger partial charge in [-0.2, -0.15) is 0 Å². The molecular weight excluding hydrogens is 351 g/mol. The molecule has 6 nitrogen and oxygen atoms in total. The molecular formula is C20H19FN2O4. The van der Waals surface area contributed by atoms with E-state index in [1.54, 1.807) is 36.1 Å². The summed E-state index contributed by atoms with van der Waals surface area (Å²) in [4.78, 5) is 37.2. The summed E-state index contributed by atoms with van der Waals surface area (Å²) in [6.07, 6.45) is 1.39. The van der Waals surface area contributed by atoms with E-state index in [4.69, 9.17) is 4.74 Å². The second-order valence-electron chi connectivity index (χ2n) is 6.28. The van der Waals surface area contributed by atoms with E-state index in [-0.39, 0.29) is 11.5 Å². The van der Waals surface area contributed by atoms with Gasteiger partial charge in [0.25, 0.3) is 5.91 Å². The van der Waals surface area contributed by atoms with Crippen LogP contribution in [0.3, 0.4) is 0 Å². The number of benzene rings is 2. The fraction of sp³-hybridized carbons (Fsp3) is 0.250. The van der Waals surface area contributed by atoms with Gasteiger partial charge in [0.05, 0.1) is 5.56 Å². The first-order valence-corrected chi connectivity index (χ1v) is 8.57. The zero-order valence-corrected chi connectivity index (χ0v) is 14.8. The molecule has 0 aliphatic carbocycles. The SMILES string of the molecule is Cc1ccc(C(=O)OCC(=O)Nc2ccc(N3CCCC3=O)cc2)cc1F. The van der Waals surface area contributed by atoms with Gasteiger partial charge in [0.1, 0.15) is 5.82 Å². The van der Waals surface area contributed by atoms with Gasteiger partial charge >= 0.3 is 5.97 Å². The van der Waals surface area contributed by atoms with Crippen LogP contribution in [0.1, 0.15) is 28.8 Å². The van der Waals surface area contributed by atoms with Crippen LogP contribution in [0.2, 0.25) is 0 Å². The molecule has 1 N–H and O–H groups in total. The van der Waals surface area contributed by atoms with Gasteiger partial charge in [-0.15, -0.1) is 0 Å². The maximum absolute atomic E-state index is 13.5. The zero-order valence-electron chi connectivity index (χ0n) is 14.8. The lowest BCUT2D eigenvalue weighted by Gasteiger charge is -2.16. The van der Waals surface area contributed by atoms with E-state index in [2.05, 4.69) is 5.32 Å². The van der Waals surface area contributed by atoms with Crippen LogP contribution in [0.5, 0.6) is 0 Å². The molecule has 0 saturated carbocycles. The van der Waals surface area contributed by atoms with Crippen molar-refractivity contribution in [3.63, 3.8) is 0 Å². The number of nitrogens with zero attached hydrogens (tertiary/aromatic N) is 1. The van der Waals surface area contributed by atoms with E-state index < -0.39 is 24.3 Å². The van der Waals surface area contributed by atoms with Crippen LogP contribution in [-0.2, 0) is 14.3 Å². The first-order valence-electron chi connectivity index (χ1n) is 8.57. The highest BCUT2D eigenvalue weighted by Crippen LogP contribution is 2.23. The topological polar surface area (TPSA) is 75.7 Å². The summed E-state index contributed by atoms with van der Waals surface area (Å²) >= 11 is 0. The molecule has 140 valence electrons. The van der Waals surface area contributed by atoms with Crippen molar-refractivity contribution in [2.75, 3.05) is 23.4 Å². The number of hydrogen-bond acceptors (Lipinski definition) is 4. The summed E-state index contributed by atoms with van der Waals surface area (Å²) < 4.78 is 18.4. The third-order valence-corrected chi connectivity index (χ3v) is 4.28. The van der Waals surface area contributed by atoms with Crippen molar-refractivity contribution in [1.29, 1.82) is 0 Å². The fourth-order valence-corrected chi connectivity index (χ4v) is 2.78. The van der Waals surface area contributed by atoms with E-state index in [1.807, 2.05) is 0 Å². The fourth-order valence-electron chi connectivity index (χ4n) is 2.78. The molecule has 2 aromatic carbocycles. The molecule has 1 heterocycles. The Morgan fingerprint density at radius 1 is 1.19 bits per heavy atom. The van der Waals surface area contributed by atoms with Crippen molar-refractivity contribution >= 4 is 29.2 Å². The van der Waals surface area contributed by atoms with Gasteiger partial charge in [0, 0.05) is 24.3 Å². The smallest absolute Gasteiger partial charge is 0.338 e. The summed E-state index contributed by atoms with van der Waals surface area (Å²) in [5.74, 6) is -1.70. The number of nitrogens with one attached hydrogen (secondary N) is 1. The number of hydrogen-bond donors (Lipinski definition) is 1. The normalized spacial score (nSPS) is 13.6. The number of amides is 2. The number of ether oxygens (including phenoxy) is 1. The Kier molecular flexibility index (Phi) is 5.49. The minimum Gasteiger partial charge on any atom is -0.452 e. The van der Waals surface area contributed by atoms with Crippen LogP contribution >= 0.6 is 0 Å². The van der Waals surface area contributed by atoms with Gasteiger partial charge in [0.15, 0.2) is 6.61 Å². The van der Waals surface area contributed by atoms with Gasteiger partial charge in [-0.1, -0.05) is 6.07 Å². The molecule has 0 bridgehead atoms. The quantitative estimate of drug-likeness (QED) is 0.821. The highest BCUT2D eigenvalue weighted by molar-refractivity contribution is 5.97. The van der Waals surface area contributed by atoms with Crippen LogP contribution in [0.15, 0.2) is 42.5 Å².